The molecule has 1 aliphatic heterocycles. The summed E-state index contributed by atoms with van der Waals surface area (Å²) >= 11 is 0. The van der Waals surface area contributed by atoms with E-state index < -0.39 is 0 Å². The fourth-order valence-electron chi connectivity index (χ4n) is 3.41. The van der Waals surface area contributed by atoms with E-state index in [1.54, 1.807) is 0 Å². The minimum atomic E-state index is 0.388. The number of likely N-dealkylation sites (tertiary alicyclic amines) is 1. The molecular weight excluding hydrogens is 198 g/mol. The Bertz CT molecular complexity index is 364. The SMILES string of the molecule is CC1C2C(CO)C2CN1Cc1ccccc1. The molecule has 1 saturated carbocycles. The Balaban J connectivity index is 1.63. The van der Waals surface area contributed by atoms with Crippen LogP contribution in [0.15, 0.2) is 30.3 Å². The normalized spacial score (nSPS) is 37.4. The molecule has 0 bridgehead atoms. The minimum absolute atomic E-state index is 0.388. The van der Waals surface area contributed by atoms with Gasteiger partial charge in [0.15, 0.2) is 0 Å². The monoisotopic (exact) mass is 217 g/mol. The van der Waals surface area contributed by atoms with Crippen LogP contribution in [-0.2, 0) is 6.54 Å². The first kappa shape index (κ1) is 10.3. The van der Waals surface area contributed by atoms with Gasteiger partial charge in [-0.1, -0.05) is 30.3 Å². The van der Waals surface area contributed by atoms with E-state index in [2.05, 4.69) is 42.2 Å². The molecule has 0 aromatic heterocycles. The summed E-state index contributed by atoms with van der Waals surface area (Å²) in [5.74, 6) is 2.12. The molecule has 1 aromatic carbocycles. The van der Waals surface area contributed by atoms with Crippen molar-refractivity contribution in [3.05, 3.63) is 35.9 Å². The molecule has 1 aliphatic carbocycles. The molecule has 3 rings (SSSR count). The first-order chi connectivity index (χ1) is 7.81. The van der Waals surface area contributed by atoms with Gasteiger partial charge in [0.05, 0.1) is 0 Å². The lowest BCUT2D eigenvalue weighted by Crippen LogP contribution is -2.32. The highest BCUT2D eigenvalue weighted by molar-refractivity contribution is 5.17. The van der Waals surface area contributed by atoms with Crippen LogP contribution in [0.1, 0.15) is 12.5 Å². The van der Waals surface area contributed by atoms with Gasteiger partial charge in [0.25, 0.3) is 0 Å². The Kier molecular flexibility index (Phi) is 2.49. The van der Waals surface area contributed by atoms with E-state index in [9.17, 15) is 5.11 Å². The summed E-state index contributed by atoms with van der Waals surface area (Å²) in [6, 6.07) is 11.3. The zero-order valence-corrected chi connectivity index (χ0v) is 9.71. The number of rotatable bonds is 3. The summed E-state index contributed by atoms with van der Waals surface area (Å²) in [4.78, 5) is 2.55. The lowest BCUT2D eigenvalue weighted by atomic mass is 10.1. The van der Waals surface area contributed by atoms with E-state index >= 15 is 0 Å². The van der Waals surface area contributed by atoms with Gasteiger partial charge in [-0.2, -0.15) is 0 Å². The van der Waals surface area contributed by atoms with Crippen LogP contribution in [0.3, 0.4) is 0 Å². The average Bonchev–Trinajstić information content (AvgIpc) is 2.92. The van der Waals surface area contributed by atoms with Crippen molar-refractivity contribution in [2.45, 2.75) is 19.5 Å². The number of piperidine rings is 1. The van der Waals surface area contributed by atoms with Crippen molar-refractivity contribution in [3.63, 3.8) is 0 Å². The Morgan fingerprint density at radius 2 is 2.06 bits per heavy atom. The molecule has 2 nitrogen and oxygen atoms in total. The molecule has 86 valence electrons. The molecule has 1 N–H and O–H groups in total. The maximum absolute atomic E-state index is 9.19. The minimum Gasteiger partial charge on any atom is -0.396 e. The van der Waals surface area contributed by atoms with Crippen molar-refractivity contribution < 1.29 is 5.11 Å². The molecule has 2 heteroatoms. The second kappa shape index (κ2) is 3.86. The second-order valence-electron chi connectivity index (χ2n) is 5.24. The van der Waals surface area contributed by atoms with Crippen LogP contribution in [0.2, 0.25) is 0 Å². The summed E-state index contributed by atoms with van der Waals surface area (Å²) in [5, 5.41) is 9.19. The maximum atomic E-state index is 9.19. The lowest BCUT2D eigenvalue weighted by molar-refractivity contribution is 0.177. The van der Waals surface area contributed by atoms with Crippen LogP contribution >= 0.6 is 0 Å². The summed E-state index contributed by atoms with van der Waals surface area (Å²) in [7, 11) is 0. The third kappa shape index (κ3) is 1.57. The van der Waals surface area contributed by atoms with Gasteiger partial charge in [-0.05, 0) is 30.2 Å². The fraction of sp³-hybridized carbons (Fsp3) is 0.571. The number of fused-ring (bicyclic) bond motifs is 1. The third-order valence-corrected chi connectivity index (χ3v) is 4.42. The van der Waals surface area contributed by atoms with Crippen LogP contribution in [0.5, 0.6) is 0 Å². The van der Waals surface area contributed by atoms with Crippen molar-refractivity contribution in [1.29, 1.82) is 0 Å². The van der Waals surface area contributed by atoms with E-state index in [1.165, 1.54) is 12.1 Å². The quantitative estimate of drug-likeness (QED) is 0.833. The highest BCUT2D eigenvalue weighted by Gasteiger charge is 2.58. The Labute approximate surface area is 96.9 Å². The van der Waals surface area contributed by atoms with Gasteiger partial charge >= 0.3 is 0 Å². The molecular formula is C14H19NO. The standard InChI is InChI=1S/C14H19NO/c1-10-14-12(13(14)9-16)8-15(10)7-11-5-3-2-4-6-11/h2-6,10,12-14,16H,7-9H2,1H3. The number of hydrogen-bond acceptors (Lipinski definition) is 2. The van der Waals surface area contributed by atoms with Gasteiger partial charge in [-0.3, -0.25) is 4.90 Å². The molecule has 4 unspecified atom stereocenters. The zero-order chi connectivity index (χ0) is 11.1. The third-order valence-electron chi connectivity index (χ3n) is 4.42. The summed E-state index contributed by atoms with van der Waals surface area (Å²) in [5.41, 5.74) is 1.40. The number of aliphatic hydroxyl groups excluding tert-OH is 1. The van der Waals surface area contributed by atoms with Gasteiger partial charge in [0.1, 0.15) is 0 Å². The largest absolute Gasteiger partial charge is 0.396 e. The van der Waals surface area contributed by atoms with Gasteiger partial charge < -0.3 is 5.11 Å². The first-order valence-corrected chi connectivity index (χ1v) is 6.20. The van der Waals surface area contributed by atoms with Gasteiger partial charge in [0, 0.05) is 25.7 Å². The van der Waals surface area contributed by atoms with Crippen molar-refractivity contribution >= 4 is 0 Å². The second-order valence-corrected chi connectivity index (χ2v) is 5.24. The maximum Gasteiger partial charge on any atom is 0.0465 e. The number of benzene rings is 1. The number of aliphatic hydroxyl groups is 1. The summed E-state index contributed by atoms with van der Waals surface area (Å²) < 4.78 is 0. The molecule has 1 aromatic rings. The smallest absolute Gasteiger partial charge is 0.0465 e. The predicted molar refractivity (Wildman–Crippen MR) is 63.9 cm³/mol. The molecule has 1 saturated heterocycles. The molecule has 0 spiro atoms. The van der Waals surface area contributed by atoms with Crippen molar-refractivity contribution in [1.82, 2.24) is 4.90 Å². The van der Waals surface area contributed by atoms with E-state index in [1.807, 2.05) is 0 Å². The average molecular weight is 217 g/mol. The van der Waals surface area contributed by atoms with Crippen LogP contribution in [0.25, 0.3) is 0 Å². The topological polar surface area (TPSA) is 23.5 Å². The predicted octanol–water partition coefficient (Wildman–Crippen LogP) is 1.75. The number of nitrogens with zero attached hydrogens (tertiary/aromatic N) is 1. The van der Waals surface area contributed by atoms with Gasteiger partial charge in [-0.25, -0.2) is 0 Å². The van der Waals surface area contributed by atoms with Crippen molar-refractivity contribution in [3.8, 4) is 0 Å². The molecule has 0 radical (unpaired) electrons. The molecule has 16 heavy (non-hydrogen) atoms. The molecule has 0 amide bonds. The number of hydrogen-bond donors (Lipinski definition) is 1. The van der Waals surface area contributed by atoms with Crippen LogP contribution in [0.4, 0.5) is 0 Å². The Morgan fingerprint density at radius 3 is 2.62 bits per heavy atom. The highest BCUT2D eigenvalue weighted by Crippen LogP contribution is 2.55. The Hall–Kier alpha value is -0.860. The van der Waals surface area contributed by atoms with Crippen LogP contribution < -0.4 is 0 Å². The first-order valence-electron chi connectivity index (χ1n) is 6.20. The van der Waals surface area contributed by atoms with Gasteiger partial charge in [-0.15, -0.1) is 0 Å². The molecule has 1 heterocycles. The molecule has 2 fully saturated rings. The fourth-order valence-corrected chi connectivity index (χ4v) is 3.41. The van der Waals surface area contributed by atoms with Crippen LogP contribution in [0, 0.1) is 17.8 Å². The summed E-state index contributed by atoms with van der Waals surface area (Å²) in [6.45, 7) is 4.93. The van der Waals surface area contributed by atoms with E-state index in [0.717, 1.165) is 18.4 Å². The summed E-state index contributed by atoms with van der Waals surface area (Å²) in [6.07, 6.45) is 0. The van der Waals surface area contributed by atoms with E-state index in [0.29, 0.717) is 18.6 Å². The van der Waals surface area contributed by atoms with E-state index in [-0.39, 0.29) is 0 Å². The Morgan fingerprint density at radius 1 is 1.31 bits per heavy atom. The molecule has 2 aliphatic rings. The van der Waals surface area contributed by atoms with E-state index in [4.69, 9.17) is 0 Å². The van der Waals surface area contributed by atoms with Crippen molar-refractivity contribution in [2.24, 2.45) is 17.8 Å². The zero-order valence-electron chi connectivity index (χ0n) is 9.71. The highest BCUT2D eigenvalue weighted by atomic mass is 16.3. The van der Waals surface area contributed by atoms with Crippen LogP contribution in [-0.4, -0.2) is 29.2 Å². The van der Waals surface area contributed by atoms with Gasteiger partial charge in [0.2, 0.25) is 0 Å². The van der Waals surface area contributed by atoms with Crippen molar-refractivity contribution in [2.75, 3.05) is 13.2 Å². The molecule has 4 atom stereocenters. The lowest BCUT2D eigenvalue weighted by Gasteiger charge is -2.25.